The minimum atomic E-state index is -0.495. The predicted molar refractivity (Wildman–Crippen MR) is 163 cm³/mol. The maximum absolute atomic E-state index is 13.4. The molecule has 12 heteroatoms. The van der Waals surface area contributed by atoms with Crippen LogP contribution in [0.25, 0.3) is 0 Å². The van der Waals surface area contributed by atoms with Gasteiger partial charge < -0.3 is 24.7 Å². The van der Waals surface area contributed by atoms with E-state index in [1.807, 2.05) is 6.92 Å². The summed E-state index contributed by atoms with van der Waals surface area (Å²) in [6.45, 7) is 4.11. The highest BCUT2D eigenvalue weighted by Gasteiger charge is 2.30. The van der Waals surface area contributed by atoms with Crippen molar-refractivity contribution >= 4 is 45.9 Å². The summed E-state index contributed by atoms with van der Waals surface area (Å²) in [5.74, 6) is 0.545. The van der Waals surface area contributed by atoms with Crippen molar-refractivity contribution in [3.05, 3.63) is 51.7 Å². The fourth-order valence-corrected chi connectivity index (χ4v) is 7.77. The molecule has 2 aliphatic rings. The number of anilines is 1. The summed E-state index contributed by atoms with van der Waals surface area (Å²) in [5.41, 5.74) is 2.04. The van der Waals surface area contributed by atoms with E-state index in [4.69, 9.17) is 9.47 Å². The lowest BCUT2D eigenvalue weighted by Crippen LogP contribution is -2.27. The van der Waals surface area contributed by atoms with Gasteiger partial charge in [-0.15, -0.1) is 21.5 Å². The van der Waals surface area contributed by atoms with E-state index in [1.165, 1.54) is 29.5 Å². The fraction of sp³-hybridized carbons (Fsp3) is 0.500. The Morgan fingerprint density at radius 3 is 2.57 bits per heavy atom. The first kappa shape index (κ1) is 30.1. The van der Waals surface area contributed by atoms with Gasteiger partial charge in [0.2, 0.25) is 5.91 Å². The number of thioether (sulfide) groups is 1. The zero-order valence-corrected chi connectivity index (χ0v) is 25.9. The second-order valence-corrected chi connectivity index (χ2v) is 12.9. The van der Waals surface area contributed by atoms with Crippen molar-refractivity contribution in [2.75, 3.05) is 19.0 Å². The zero-order chi connectivity index (χ0) is 29.6. The molecule has 2 aromatic heterocycles. The van der Waals surface area contributed by atoms with E-state index in [0.29, 0.717) is 32.9 Å². The van der Waals surface area contributed by atoms with Crippen LogP contribution >= 0.6 is 23.1 Å². The molecule has 0 bridgehead atoms. The number of rotatable bonds is 11. The number of ether oxygens (including phenoxy) is 2. The number of methoxy groups -OCH3 is 1. The molecule has 2 heterocycles. The molecule has 224 valence electrons. The van der Waals surface area contributed by atoms with Crippen molar-refractivity contribution in [3.63, 3.8) is 0 Å². The van der Waals surface area contributed by atoms with Crippen molar-refractivity contribution < 1.29 is 23.9 Å². The Morgan fingerprint density at radius 1 is 1.10 bits per heavy atom. The van der Waals surface area contributed by atoms with Gasteiger partial charge >= 0.3 is 5.97 Å². The Balaban J connectivity index is 1.30. The number of aromatic nitrogens is 3. The Morgan fingerprint density at radius 2 is 1.86 bits per heavy atom. The molecule has 1 saturated carbocycles. The van der Waals surface area contributed by atoms with Gasteiger partial charge in [-0.1, -0.05) is 31.0 Å². The number of carbonyl (C=O) groups is 3. The highest BCUT2D eigenvalue weighted by molar-refractivity contribution is 8.00. The van der Waals surface area contributed by atoms with Crippen LogP contribution in [0.1, 0.15) is 95.4 Å². The molecule has 2 aliphatic carbocycles. The Labute approximate surface area is 254 Å². The summed E-state index contributed by atoms with van der Waals surface area (Å²) in [7, 11) is 1.59. The van der Waals surface area contributed by atoms with Gasteiger partial charge in [0.1, 0.15) is 10.8 Å². The monoisotopic (exact) mass is 611 g/mol. The van der Waals surface area contributed by atoms with Crippen molar-refractivity contribution in [2.45, 2.75) is 88.2 Å². The molecule has 42 heavy (non-hydrogen) atoms. The molecule has 2 N–H and O–H groups in total. The molecule has 0 spiro atoms. The lowest BCUT2D eigenvalue weighted by molar-refractivity contribution is -0.115. The molecule has 1 aromatic carbocycles. The van der Waals surface area contributed by atoms with Crippen LogP contribution in [0, 0.1) is 0 Å². The number of amides is 2. The van der Waals surface area contributed by atoms with Gasteiger partial charge in [0, 0.05) is 16.5 Å². The van der Waals surface area contributed by atoms with E-state index in [0.717, 1.165) is 55.4 Å². The molecule has 0 saturated heterocycles. The predicted octanol–water partition coefficient (Wildman–Crippen LogP) is 5.57. The standard InChI is InChI=1S/C30H37N5O5S2/c1-4-40-29(38)25-22-11-8-12-23(22)42-28(25)32-26(36)18(2)41-30-34-33-24(35(30)20-9-6-5-7-10-20)17-31-27(37)19-13-15-21(39-3)16-14-19/h13-16,18,20H,4-12,17H2,1-3H3,(H,31,37)(H,32,36)/t18-/m0/s1. The Kier molecular flexibility index (Phi) is 9.84. The summed E-state index contributed by atoms with van der Waals surface area (Å²) in [6.07, 6.45) is 8.15. The summed E-state index contributed by atoms with van der Waals surface area (Å²) >= 11 is 2.81. The normalized spacial score (nSPS) is 15.6. The fourth-order valence-electron chi connectivity index (χ4n) is 5.55. The van der Waals surface area contributed by atoms with Gasteiger partial charge in [-0.2, -0.15) is 0 Å². The highest BCUT2D eigenvalue weighted by Crippen LogP contribution is 2.40. The van der Waals surface area contributed by atoms with Crippen LogP contribution in [0.3, 0.4) is 0 Å². The molecular formula is C30H37N5O5S2. The largest absolute Gasteiger partial charge is 0.497 e. The summed E-state index contributed by atoms with van der Waals surface area (Å²) < 4.78 is 12.6. The molecule has 0 radical (unpaired) electrons. The van der Waals surface area contributed by atoms with Crippen LogP contribution in [0.5, 0.6) is 5.75 Å². The first-order valence-corrected chi connectivity index (χ1v) is 16.2. The molecule has 0 unspecified atom stereocenters. The first-order valence-electron chi connectivity index (χ1n) is 14.5. The smallest absolute Gasteiger partial charge is 0.341 e. The van der Waals surface area contributed by atoms with Crippen LogP contribution in [-0.2, 0) is 28.9 Å². The van der Waals surface area contributed by atoms with Crippen LogP contribution in [0.4, 0.5) is 5.00 Å². The second-order valence-electron chi connectivity index (χ2n) is 10.5. The number of aryl methyl sites for hydroxylation is 1. The summed E-state index contributed by atoms with van der Waals surface area (Å²) in [4.78, 5) is 40.1. The van der Waals surface area contributed by atoms with Gasteiger partial charge in [0.25, 0.3) is 5.91 Å². The number of esters is 1. The average molecular weight is 612 g/mol. The lowest BCUT2D eigenvalue weighted by atomic mass is 9.95. The van der Waals surface area contributed by atoms with Crippen molar-refractivity contribution in [2.24, 2.45) is 0 Å². The van der Waals surface area contributed by atoms with Crippen molar-refractivity contribution in [1.82, 2.24) is 20.1 Å². The lowest BCUT2D eigenvalue weighted by Gasteiger charge is -2.26. The van der Waals surface area contributed by atoms with Gasteiger partial charge in [0.15, 0.2) is 11.0 Å². The zero-order valence-electron chi connectivity index (χ0n) is 24.2. The molecule has 5 rings (SSSR count). The number of carbonyl (C=O) groups excluding carboxylic acids is 3. The maximum atomic E-state index is 13.4. The molecule has 0 aliphatic heterocycles. The number of hydrogen-bond acceptors (Lipinski definition) is 9. The number of hydrogen-bond donors (Lipinski definition) is 2. The van der Waals surface area contributed by atoms with E-state index in [9.17, 15) is 14.4 Å². The molecule has 1 atom stereocenters. The molecule has 3 aromatic rings. The molecular weight excluding hydrogens is 574 g/mol. The van der Waals surface area contributed by atoms with E-state index in [1.54, 1.807) is 38.3 Å². The van der Waals surface area contributed by atoms with Gasteiger partial charge in [-0.05, 0) is 75.8 Å². The Bertz CT molecular complexity index is 1430. The first-order chi connectivity index (χ1) is 20.4. The molecule has 1 fully saturated rings. The SMILES string of the molecule is CCOC(=O)c1c(NC(=O)[C@H](C)Sc2nnc(CNC(=O)c3ccc(OC)cc3)n2C2CCCCC2)sc2c1CCC2. The quantitative estimate of drug-likeness (QED) is 0.213. The molecule has 10 nitrogen and oxygen atoms in total. The minimum absolute atomic E-state index is 0.204. The summed E-state index contributed by atoms with van der Waals surface area (Å²) in [6, 6.07) is 7.14. The second kappa shape index (κ2) is 13.7. The third-order valence-corrected chi connectivity index (χ3v) is 9.99. The summed E-state index contributed by atoms with van der Waals surface area (Å²) in [5, 5.41) is 15.6. The number of benzene rings is 1. The van der Waals surface area contributed by atoms with Crippen LogP contribution in [0.15, 0.2) is 29.4 Å². The van der Waals surface area contributed by atoms with Crippen LogP contribution in [-0.4, -0.2) is 51.5 Å². The highest BCUT2D eigenvalue weighted by atomic mass is 32.2. The number of nitrogens with one attached hydrogen (secondary N) is 2. The minimum Gasteiger partial charge on any atom is -0.497 e. The van der Waals surface area contributed by atoms with Crippen molar-refractivity contribution in [3.8, 4) is 5.75 Å². The number of thiophene rings is 1. The number of fused-ring (bicyclic) bond motifs is 1. The third-order valence-electron chi connectivity index (χ3n) is 7.72. The van der Waals surface area contributed by atoms with Gasteiger partial charge in [-0.25, -0.2) is 4.79 Å². The van der Waals surface area contributed by atoms with Crippen LogP contribution in [0.2, 0.25) is 0 Å². The van der Waals surface area contributed by atoms with Crippen molar-refractivity contribution in [1.29, 1.82) is 0 Å². The van der Waals surface area contributed by atoms with Gasteiger partial charge in [-0.3, -0.25) is 9.59 Å². The maximum Gasteiger partial charge on any atom is 0.341 e. The Hall–Kier alpha value is -3.38. The van der Waals surface area contributed by atoms with E-state index >= 15 is 0 Å². The van der Waals surface area contributed by atoms with Gasteiger partial charge in [0.05, 0.1) is 31.1 Å². The van der Waals surface area contributed by atoms with E-state index in [-0.39, 0.29) is 37.0 Å². The van der Waals surface area contributed by atoms with Crippen LogP contribution < -0.4 is 15.4 Å². The average Bonchev–Trinajstić information content (AvgIpc) is 3.71. The van der Waals surface area contributed by atoms with E-state index in [2.05, 4.69) is 25.4 Å². The number of nitrogens with zero attached hydrogens (tertiary/aromatic N) is 3. The molecule has 2 amide bonds. The third kappa shape index (κ3) is 6.64. The van der Waals surface area contributed by atoms with E-state index < -0.39 is 5.25 Å². The topological polar surface area (TPSA) is 124 Å².